The molecular formula is C15H19N2Si+. The summed E-state index contributed by atoms with van der Waals surface area (Å²) in [7, 11) is -1.36. The van der Waals surface area contributed by atoms with Crippen molar-refractivity contribution in [1.82, 2.24) is 0 Å². The third kappa shape index (κ3) is 1.75. The summed E-state index contributed by atoms with van der Waals surface area (Å²) in [5.74, 6) is 0. The van der Waals surface area contributed by atoms with Crippen LogP contribution in [0.15, 0.2) is 48.7 Å². The van der Waals surface area contributed by atoms with Gasteiger partial charge in [-0.1, -0.05) is 31.8 Å². The summed E-state index contributed by atoms with van der Waals surface area (Å²) in [6.07, 6.45) is 2.18. The lowest BCUT2D eigenvalue weighted by atomic mass is 10.1. The van der Waals surface area contributed by atoms with Crippen molar-refractivity contribution in [1.29, 1.82) is 0 Å². The second-order valence-corrected chi connectivity index (χ2v) is 10.7. The Balaban J connectivity index is 2.23. The predicted octanol–water partition coefficient (Wildman–Crippen LogP) is 3.25. The van der Waals surface area contributed by atoms with Crippen molar-refractivity contribution in [3.8, 4) is 11.3 Å². The van der Waals surface area contributed by atoms with Gasteiger partial charge in [0, 0.05) is 17.8 Å². The summed E-state index contributed by atoms with van der Waals surface area (Å²) < 4.78 is 4.94. The summed E-state index contributed by atoms with van der Waals surface area (Å²) in [5, 5.41) is 0. The van der Waals surface area contributed by atoms with Gasteiger partial charge in [0.05, 0.1) is 5.56 Å². The van der Waals surface area contributed by atoms with E-state index >= 15 is 0 Å². The molecule has 0 amide bonds. The maximum atomic E-state index is 2.59. The largest absolute Gasteiger partial charge is 0.345 e. The molecule has 0 N–H and O–H groups in total. The molecule has 0 atom stereocenters. The van der Waals surface area contributed by atoms with Crippen LogP contribution in [0.25, 0.3) is 11.3 Å². The van der Waals surface area contributed by atoms with E-state index in [4.69, 9.17) is 0 Å². The highest BCUT2D eigenvalue weighted by Gasteiger charge is 2.34. The molecule has 0 unspecified atom stereocenters. The Morgan fingerprint density at radius 2 is 1.72 bits per heavy atom. The molecule has 0 saturated carbocycles. The van der Waals surface area contributed by atoms with E-state index in [0.29, 0.717) is 0 Å². The van der Waals surface area contributed by atoms with Gasteiger partial charge in [-0.05, 0) is 18.2 Å². The first-order valence-corrected chi connectivity index (χ1v) is 9.87. The van der Waals surface area contributed by atoms with Crippen LogP contribution in [0.5, 0.6) is 0 Å². The molecule has 1 aliphatic rings. The Morgan fingerprint density at radius 3 is 2.50 bits per heavy atom. The first-order chi connectivity index (χ1) is 8.57. The summed E-state index contributed by atoms with van der Waals surface area (Å²) >= 11 is 0. The summed E-state index contributed by atoms with van der Waals surface area (Å²) in [4.78, 5) is 0. The number of para-hydroxylation sites is 1. The van der Waals surface area contributed by atoms with Crippen molar-refractivity contribution in [2.75, 3.05) is 4.57 Å². The van der Waals surface area contributed by atoms with Crippen LogP contribution >= 0.6 is 0 Å². The number of pyridine rings is 1. The zero-order chi connectivity index (χ0) is 12.8. The lowest BCUT2D eigenvalue weighted by molar-refractivity contribution is -0.685. The van der Waals surface area contributed by atoms with E-state index in [0.717, 1.165) is 6.67 Å². The van der Waals surface area contributed by atoms with Gasteiger partial charge in [0.1, 0.15) is 0 Å². The molecule has 0 bridgehead atoms. The fraction of sp³-hybridized carbons (Fsp3) is 0.267. The Kier molecular flexibility index (Phi) is 2.52. The first kappa shape index (κ1) is 11.5. The Labute approximate surface area is 110 Å². The van der Waals surface area contributed by atoms with E-state index in [2.05, 4.69) is 77.4 Å². The highest BCUT2D eigenvalue weighted by Crippen LogP contribution is 2.34. The van der Waals surface area contributed by atoms with Gasteiger partial charge in [0.2, 0.25) is 12.4 Å². The van der Waals surface area contributed by atoms with E-state index < -0.39 is 8.24 Å². The molecule has 0 radical (unpaired) electrons. The number of hydrogen-bond acceptors (Lipinski definition) is 1. The number of aromatic nitrogens is 1. The van der Waals surface area contributed by atoms with Gasteiger partial charge < -0.3 is 4.57 Å². The second-order valence-electron chi connectivity index (χ2n) is 5.81. The minimum absolute atomic E-state index is 0.975. The SMILES string of the molecule is C[Si](C)(C)N1C[n+]2ccccc2-c2ccccc21. The van der Waals surface area contributed by atoms with Gasteiger partial charge in [-0.3, -0.25) is 0 Å². The molecule has 1 aliphatic heterocycles. The lowest BCUT2D eigenvalue weighted by Crippen LogP contribution is -2.57. The van der Waals surface area contributed by atoms with Gasteiger partial charge in [-0.2, -0.15) is 4.57 Å². The van der Waals surface area contributed by atoms with Crippen LogP contribution in [0, 0.1) is 0 Å². The van der Waals surface area contributed by atoms with Crippen molar-refractivity contribution >= 4 is 13.9 Å². The van der Waals surface area contributed by atoms with Crippen molar-refractivity contribution in [2.24, 2.45) is 0 Å². The van der Waals surface area contributed by atoms with Gasteiger partial charge in [-0.25, -0.2) is 0 Å². The van der Waals surface area contributed by atoms with Crippen LogP contribution in [0.3, 0.4) is 0 Å². The number of benzene rings is 1. The number of fused-ring (bicyclic) bond motifs is 3. The average molecular weight is 255 g/mol. The van der Waals surface area contributed by atoms with Crippen LogP contribution in [0.1, 0.15) is 0 Å². The number of hydrogen-bond donors (Lipinski definition) is 0. The maximum Gasteiger partial charge on any atom is 0.217 e. The van der Waals surface area contributed by atoms with Crippen molar-refractivity contribution in [2.45, 2.75) is 26.3 Å². The number of anilines is 1. The quantitative estimate of drug-likeness (QED) is 0.560. The third-order valence-electron chi connectivity index (χ3n) is 3.51. The van der Waals surface area contributed by atoms with Gasteiger partial charge in [0.15, 0.2) is 14.4 Å². The maximum absolute atomic E-state index is 2.59. The lowest BCUT2D eigenvalue weighted by Gasteiger charge is -2.37. The second kappa shape index (κ2) is 3.95. The Bertz CT molecular complexity index is 587. The van der Waals surface area contributed by atoms with Crippen LogP contribution in [0.4, 0.5) is 5.69 Å². The average Bonchev–Trinajstić information content (AvgIpc) is 2.37. The van der Waals surface area contributed by atoms with Gasteiger partial charge in [0.25, 0.3) is 0 Å². The normalized spacial score (nSPS) is 14.1. The van der Waals surface area contributed by atoms with Crippen molar-refractivity contribution < 1.29 is 4.57 Å². The first-order valence-electron chi connectivity index (χ1n) is 6.43. The highest BCUT2D eigenvalue weighted by atomic mass is 28.3. The minimum Gasteiger partial charge on any atom is -0.345 e. The topological polar surface area (TPSA) is 7.12 Å². The third-order valence-corrected chi connectivity index (χ3v) is 5.52. The summed E-state index contributed by atoms with van der Waals surface area (Å²) in [6, 6.07) is 15.2. The van der Waals surface area contributed by atoms with Crippen LogP contribution in [-0.4, -0.2) is 8.24 Å². The van der Waals surface area contributed by atoms with Crippen molar-refractivity contribution in [3.63, 3.8) is 0 Å². The smallest absolute Gasteiger partial charge is 0.217 e. The standard InChI is InChI=1S/C15H19N2Si/c1-18(2,3)17-12-16-11-7-6-9-14(16)13-8-4-5-10-15(13)17/h4-11H,12H2,1-3H3/q+1. The fourth-order valence-electron chi connectivity index (χ4n) is 2.57. The molecule has 3 heteroatoms. The molecule has 0 aliphatic carbocycles. The summed E-state index contributed by atoms with van der Waals surface area (Å²) in [6.45, 7) is 8.18. The molecule has 0 saturated heterocycles. The highest BCUT2D eigenvalue weighted by molar-refractivity contribution is 6.79. The van der Waals surface area contributed by atoms with E-state index in [1.54, 1.807) is 0 Å². The Hall–Kier alpha value is -1.61. The molecule has 3 rings (SSSR count). The van der Waals surface area contributed by atoms with Crippen LogP contribution in [0.2, 0.25) is 19.6 Å². The molecule has 0 fully saturated rings. The van der Waals surface area contributed by atoms with Crippen LogP contribution in [-0.2, 0) is 6.67 Å². The number of rotatable bonds is 1. The van der Waals surface area contributed by atoms with Gasteiger partial charge >= 0.3 is 0 Å². The zero-order valence-corrected chi connectivity index (χ0v) is 12.2. The predicted molar refractivity (Wildman–Crippen MR) is 77.9 cm³/mol. The van der Waals surface area contributed by atoms with Gasteiger partial charge in [-0.15, -0.1) is 0 Å². The molecule has 18 heavy (non-hydrogen) atoms. The zero-order valence-electron chi connectivity index (χ0n) is 11.2. The molecule has 2 heterocycles. The van der Waals surface area contributed by atoms with E-state index in [1.807, 2.05) is 0 Å². The Morgan fingerprint density at radius 1 is 1.00 bits per heavy atom. The van der Waals surface area contributed by atoms with E-state index in [-0.39, 0.29) is 0 Å². The van der Waals surface area contributed by atoms with Crippen LogP contribution < -0.4 is 9.13 Å². The molecular weight excluding hydrogens is 236 g/mol. The van der Waals surface area contributed by atoms with E-state index in [1.165, 1.54) is 16.9 Å². The molecule has 1 aromatic carbocycles. The van der Waals surface area contributed by atoms with Crippen molar-refractivity contribution in [3.05, 3.63) is 48.7 Å². The van der Waals surface area contributed by atoms with E-state index in [9.17, 15) is 0 Å². The molecule has 0 spiro atoms. The number of nitrogens with zero attached hydrogens (tertiary/aromatic N) is 2. The molecule has 2 aromatic rings. The minimum atomic E-state index is -1.36. The molecule has 2 nitrogen and oxygen atoms in total. The summed E-state index contributed by atoms with van der Waals surface area (Å²) in [5.41, 5.74) is 4.07. The molecule has 1 aromatic heterocycles. The monoisotopic (exact) mass is 255 g/mol. The molecule has 92 valence electrons. The fourth-order valence-corrected chi connectivity index (χ4v) is 4.07.